The predicted octanol–water partition coefficient (Wildman–Crippen LogP) is 14.7. The van der Waals surface area contributed by atoms with Gasteiger partial charge in [0.2, 0.25) is 0 Å². The lowest BCUT2D eigenvalue weighted by Gasteiger charge is -2.19. The van der Waals surface area contributed by atoms with E-state index in [-0.39, 0.29) is 89.1 Å². The van der Waals surface area contributed by atoms with E-state index >= 15 is 0 Å². The molecule has 0 rings (SSSR count). The second-order valence-electron chi connectivity index (χ2n) is 19.2. The summed E-state index contributed by atoms with van der Waals surface area (Å²) in [4.78, 5) is 66.2. The van der Waals surface area contributed by atoms with Crippen molar-refractivity contribution in [3.05, 3.63) is 0 Å². The zero-order valence-electron chi connectivity index (χ0n) is 44.9. The van der Waals surface area contributed by atoms with Gasteiger partial charge >= 0.3 is 30.0 Å². The number of esters is 4. The Morgan fingerprint density at radius 2 is 0.676 bits per heavy atom. The first-order valence-electron chi connectivity index (χ1n) is 28.3. The summed E-state index contributed by atoms with van der Waals surface area (Å²) in [6.07, 6.45) is 32.5. The summed E-state index contributed by atoms with van der Waals surface area (Å²) in [6, 6.07) is 0. The predicted molar refractivity (Wildman–Crippen MR) is 275 cm³/mol. The van der Waals surface area contributed by atoms with Crippen molar-refractivity contribution >= 4 is 30.0 Å². The van der Waals surface area contributed by atoms with E-state index in [0.717, 1.165) is 96.7 Å². The molecule has 0 aromatic rings. The Labute approximate surface area is 416 Å². The summed E-state index contributed by atoms with van der Waals surface area (Å²) in [5.41, 5.74) is 0. The number of carbonyl (C=O) groups is 5. The zero-order chi connectivity index (χ0) is 50.1. The second kappa shape index (κ2) is 49.1. The molecule has 0 aliphatic rings. The van der Waals surface area contributed by atoms with Crippen LogP contribution in [0.2, 0.25) is 0 Å². The molecule has 0 radical (unpaired) electrons. The maximum Gasteiger partial charge on any atom is 0.508 e. The van der Waals surface area contributed by atoms with Crippen molar-refractivity contribution in [2.75, 3.05) is 46.1 Å². The first-order chi connectivity index (χ1) is 33.1. The Morgan fingerprint density at radius 3 is 1.03 bits per heavy atom. The lowest BCUT2D eigenvalue weighted by Crippen LogP contribution is -2.27. The van der Waals surface area contributed by atoms with Crippen LogP contribution in [-0.4, -0.2) is 93.2 Å². The van der Waals surface area contributed by atoms with E-state index in [9.17, 15) is 24.0 Å². The van der Waals surface area contributed by atoms with Gasteiger partial charge in [0.1, 0.15) is 32.0 Å². The Balaban J connectivity index is 5.14. The lowest BCUT2D eigenvalue weighted by molar-refractivity contribution is -0.151. The SMILES string of the molecule is CCCCCCCCC(CCCCCCCC)OC(=O)CCCC(=O)OCC(COC(=O)CCCC(=O)OC(CCCCCCCC)CCCCCCCC)COC(=O)OCCCN(CC)CC. The minimum Gasteiger partial charge on any atom is -0.465 e. The van der Waals surface area contributed by atoms with Crippen molar-refractivity contribution < 1.29 is 52.4 Å². The Kier molecular flexibility index (Phi) is 47.0. The fourth-order valence-electron chi connectivity index (χ4n) is 8.30. The maximum atomic E-state index is 12.9. The minimum atomic E-state index is -0.846. The fourth-order valence-corrected chi connectivity index (χ4v) is 8.30. The van der Waals surface area contributed by atoms with E-state index in [1.807, 2.05) is 0 Å². The third-order valence-corrected chi connectivity index (χ3v) is 12.8. The van der Waals surface area contributed by atoms with Crippen LogP contribution in [0.3, 0.4) is 0 Å². The van der Waals surface area contributed by atoms with Gasteiger partial charge in [0.05, 0.1) is 12.5 Å². The van der Waals surface area contributed by atoms with Gasteiger partial charge in [-0.1, -0.05) is 170 Å². The number of hydrogen-bond donors (Lipinski definition) is 0. The Morgan fingerprint density at radius 1 is 0.353 bits per heavy atom. The van der Waals surface area contributed by atoms with Gasteiger partial charge in [-0.25, -0.2) is 4.79 Å². The number of hydrogen-bond acceptors (Lipinski definition) is 12. The van der Waals surface area contributed by atoms with Gasteiger partial charge in [-0.15, -0.1) is 0 Å². The van der Waals surface area contributed by atoms with Crippen molar-refractivity contribution in [2.45, 2.75) is 278 Å². The van der Waals surface area contributed by atoms with E-state index in [0.29, 0.717) is 6.42 Å². The highest BCUT2D eigenvalue weighted by Gasteiger charge is 2.21. The summed E-state index contributed by atoms with van der Waals surface area (Å²) >= 11 is 0. The van der Waals surface area contributed by atoms with Crippen LogP contribution in [0.1, 0.15) is 266 Å². The first-order valence-corrected chi connectivity index (χ1v) is 28.3. The second-order valence-corrected chi connectivity index (χ2v) is 19.2. The lowest BCUT2D eigenvalue weighted by atomic mass is 10.0. The first kappa shape index (κ1) is 65.1. The van der Waals surface area contributed by atoms with Crippen molar-refractivity contribution in [3.63, 3.8) is 0 Å². The molecule has 12 nitrogen and oxygen atoms in total. The van der Waals surface area contributed by atoms with Crippen molar-refractivity contribution in [1.29, 1.82) is 0 Å². The summed E-state index contributed by atoms with van der Waals surface area (Å²) in [6.45, 7) is 15.3. The molecule has 0 bridgehead atoms. The zero-order valence-corrected chi connectivity index (χ0v) is 44.9. The van der Waals surface area contributed by atoms with Gasteiger partial charge in [0.25, 0.3) is 0 Å². The number of unbranched alkanes of at least 4 members (excludes halogenated alkanes) is 20. The van der Waals surface area contributed by atoms with Crippen molar-refractivity contribution in [3.8, 4) is 0 Å². The van der Waals surface area contributed by atoms with E-state index in [1.165, 1.54) is 103 Å². The number of rotatable bonds is 50. The third-order valence-electron chi connectivity index (χ3n) is 12.8. The molecule has 0 spiro atoms. The van der Waals surface area contributed by atoms with Crippen LogP contribution in [0, 0.1) is 5.92 Å². The highest BCUT2D eigenvalue weighted by molar-refractivity contribution is 5.73. The van der Waals surface area contributed by atoms with Crippen LogP contribution < -0.4 is 0 Å². The molecule has 0 amide bonds. The highest BCUT2D eigenvalue weighted by atomic mass is 16.7. The Hall–Kier alpha value is -2.89. The fraction of sp³-hybridized carbons (Fsp3) is 0.911. The van der Waals surface area contributed by atoms with Gasteiger partial charge in [0, 0.05) is 32.2 Å². The molecule has 400 valence electrons. The monoisotopic (exact) mass is 968 g/mol. The molecule has 0 atom stereocenters. The van der Waals surface area contributed by atoms with Crippen LogP contribution in [0.4, 0.5) is 4.79 Å². The van der Waals surface area contributed by atoms with E-state index < -0.39 is 24.0 Å². The van der Waals surface area contributed by atoms with Crippen LogP contribution in [0.5, 0.6) is 0 Å². The van der Waals surface area contributed by atoms with Crippen LogP contribution in [0.25, 0.3) is 0 Å². The van der Waals surface area contributed by atoms with Gasteiger partial charge in [-0.3, -0.25) is 19.2 Å². The average Bonchev–Trinajstić information content (AvgIpc) is 3.32. The molecule has 0 fully saturated rings. The minimum absolute atomic E-state index is 0.0193. The molecular weight excluding hydrogens is 863 g/mol. The van der Waals surface area contributed by atoms with E-state index in [4.69, 9.17) is 28.4 Å². The largest absolute Gasteiger partial charge is 0.508 e. The summed E-state index contributed by atoms with van der Waals surface area (Å²) in [7, 11) is 0. The molecule has 0 unspecified atom stereocenters. The topological polar surface area (TPSA) is 144 Å². The summed E-state index contributed by atoms with van der Waals surface area (Å²) in [5, 5.41) is 0. The number of carbonyl (C=O) groups excluding carboxylic acids is 5. The van der Waals surface area contributed by atoms with Crippen molar-refractivity contribution in [1.82, 2.24) is 4.90 Å². The summed E-state index contributed by atoms with van der Waals surface area (Å²) in [5.74, 6) is -2.23. The van der Waals surface area contributed by atoms with Crippen LogP contribution in [-0.2, 0) is 47.6 Å². The molecule has 0 aromatic heterocycles. The summed E-state index contributed by atoms with van der Waals surface area (Å²) < 4.78 is 33.6. The molecule has 0 saturated heterocycles. The molecule has 0 saturated carbocycles. The van der Waals surface area contributed by atoms with Crippen molar-refractivity contribution in [2.24, 2.45) is 5.92 Å². The molecule has 0 heterocycles. The molecular formula is C56H105NO11. The quantitative estimate of drug-likeness (QED) is 0.0325. The smallest absolute Gasteiger partial charge is 0.465 e. The molecule has 0 aromatic carbocycles. The van der Waals surface area contributed by atoms with E-state index in [2.05, 4.69) is 46.4 Å². The van der Waals surface area contributed by atoms with E-state index in [1.54, 1.807) is 0 Å². The molecule has 0 N–H and O–H groups in total. The number of nitrogens with zero attached hydrogens (tertiary/aromatic N) is 1. The third kappa shape index (κ3) is 43.2. The molecule has 68 heavy (non-hydrogen) atoms. The van der Waals surface area contributed by atoms with Gasteiger partial charge in [-0.2, -0.15) is 0 Å². The maximum absolute atomic E-state index is 12.9. The van der Waals surface area contributed by atoms with Gasteiger partial charge in [0.15, 0.2) is 0 Å². The highest BCUT2D eigenvalue weighted by Crippen LogP contribution is 2.20. The van der Waals surface area contributed by atoms with Crippen LogP contribution in [0.15, 0.2) is 0 Å². The van der Waals surface area contributed by atoms with Gasteiger partial charge in [-0.05, 0) is 83.7 Å². The number of ether oxygens (including phenoxy) is 6. The molecule has 0 aliphatic carbocycles. The Bertz CT molecular complexity index is 1090. The van der Waals surface area contributed by atoms with Crippen LogP contribution >= 0.6 is 0 Å². The average molecular weight is 968 g/mol. The van der Waals surface area contributed by atoms with Gasteiger partial charge < -0.3 is 33.3 Å². The molecule has 0 aliphatic heterocycles. The standard InChI is InChI=1S/C56H105NO11/c1-7-13-17-21-25-29-36-50(37-30-26-22-18-14-8-2)67-54(60)42-33-40-52(58)64-46-49(48-66-56(62)63-45-35-44-57(11-5)12-6)47-65-53(59)41-34-43-55(61)68-51(38-31-27-23-19-15-9-3)39-32-28-24-20-16-10-4/h49-51H,7-48H2,1-6H3. The normalized spacial score (nSPS) is 11.4. The molecule has 12 heteroatoms.